The van der Waals surface area contributed by atoms with Crippen LogP contribution in [0.25, 0.3) is 16.8 Å². The first-order valence-electron chi connectivity index (χ1n) is 9.86. The highest BCUT2D eigenvalue weighted by atomic mass is 16.3. The molecular weight excluding hydrogens is 348 g/mol. The highest BCUT2D eigenvalue weighted by Crippen LogP contribution is 2.50. The van der Waals surface area contributed by atoms with Crippen LogP contribution >= 0.6 is 0 Å². The zero-order valence-electron chi connectivity index (χ0n) is 18.5. The van der Waals surface area contributed by atoms with E-state index in [1.807, 2.05) is 74.4 Å². The van der Waals surface area contributed by atoms with Gasteiger partial charge in [-0.25, -0.2) is 0 Å². The normalized spacial score (nSPS) is 15.2. The first-order valence-corrected chi connectivity index (χ1v) is 9.86. The molecule has 149 valence electrons. The summed E-state index contributed by atoms with van der Waals surface area (Å²) in [6.45, 7) is 18.0. The lowest BCUT2D eigenvalue weighted by atomic mass is 9.72. The summed E-state index contributed by atoms with van der Waals surface area (Å²) in [4.78, 5) is 13.4. The van der Waals surface area contributed by atoms with Crippen LogP contribution in [-0.2, 0) is 15.9 Å². The van der Waals surface area contributed by atoms with E-state index in [-0.39, 0.29) is 33.7 Å². The molecule has 2 aromatic rings. The molecule has 28 heavy (non-hydrogen) atoms. The molecule has 0 amide bonds. The smallest absolute Gasteiger partial charge is 0.193 e. The van der Waals surface area contributed by atoms with Crippen molar-refractivity contribution < 1.29 is 15.0 Å². The summed E-state index contributed by atoms with van der Waals surface area (Å²) in [5, 5.41) is 25.9. The van der Waals surface area contributed by atoms with Crippen LogP contribution in [0.4, 0.5) is 0 Å². The molecule has 1 N–H and O–H groups in total. The van der Waals surface area contributed by atoms with Gasteiger partial charge in [0.05, 0.1) is 5.56 Å². The van der Waals surface area contributed by atoms with E-state index in [0.29, 0.717) is 16.5 Å². The molecular formula is C25H31O3. The Morgan fingerprint density at radius 2 is 1.29 bits per heavy atom. The average molecular weight is 380 g/mol. The molecule has 0 heterocycles. The molecule has 0 atom stereocenters. The number of benzene rings is 2. The molecule has 0 saturated carbocycles. The molecule has 0 aliphatic heterocycles. The van der Waals surface area contributed by atoms with Crippen LogP contribution in [0.1, 0.15) is 89.4 Å². The van der Waals surface area contributed by atoms with Gasteiger partial charge in [-0.1, -0.05) is 62.3 Å². The second kappa shape index (κ2) is 5.85. The Bertz CT molecular complexity index is 1030. The van der Waals surface area contributed by atoms with Crippen LogP contribution in [0.15, 0.2) is 17.7 Å². The second-order valence-electron chi connectivity index (χ2n) is 11.0. The van der Waals surface area contributed by atoms with E-state index >= 15 is 0 Å². The monoisotopic (exact) mass is 379 g/mol. The number of phenolic OH excluding ortho intramolecular Hbond substituents is 1. The number of rotatable bonds is 0. The van der Waals surface area contributed by atoms with Gasteiger partial charge in [-0.3, -0.25) is 9.90 Å². The number of phenols is 1. The number of allylic oxidation sites excluding steroid dienone is 1. The molecule has 1 aliphatic carbocycles. The predicted molar refractivity (Wildman–Crippen MR) is 115 cm³/mol. The van der Waals surface area contributed by atoms with Gasteiger partial charge in [-0.05, 0) is 39.8 Å². The molecule has 0 unspecified atom stereocenters. The second-order valence-corrected chi connectivity index (χ2v) is 11.0. The summed E-state index contributed by atoms with van der Waals surface area (Å²) in [6, 6.07) is 3.85. The van der Waals surface area contributed by atoms with Crippen LogP contribution < -0.4 is 0 Å². The van der Waals surface area contributed by atoms with Gasteiger partial charge < -0.3 is 5.11 Å². The third-order valence-corrected chi connectivity index (χ3v) is 5.57. The quantitative estimate of drug-likeness (QED) is 0.540. The standard InChI is InChI=1S/C25H31O3/c1-23(2,3)15-10-13-11-16(24(4,5)6)21(27)19-18(13)14(20(15)26)12-17(22(19)28)25(7,8)9/h10-12,27H,1-9H3. The number of aromatic hydroxyl groups is 1. The van der Waals surface area contributed by atoms with Crippen molar-refractivity contribution in [1.82, 2.24) is 0 Å². The Morgan fingerprint density at radius 1 is 0.786 bits per heavy atom. The van der Waals surface area contributed by atoms with Gasteiger partial charge in [0.15, 0.2) is 11.5 Å². The average Bonchev–Trinajstić information content (AvgIpc) is 2.49. The Morgan fingerprint density at radius 3 is 1.75 bits per heavy atom. The molecule has 3 nitrogen and oxygen atoms in total. The van der Waals surface area contributed by atoms with Crippen molar-refractivity contribution in [2.45, 2.75) is 73.1 Å². The fourth-order valence-electron chi connectivity index (χ4n) is 3.97. The van der Waals surface area contributed by atoms with Gasteiger partial charge in [-0.15, -0.1) is 0 Å². The topological polar surface area (TPSA) is 57.2 Å². The van der Waals surface area contributed by atoms with Crippen LogP contribution in [0.5, 0.6) is 11.5 Å². The Balaban J connectivity index is 2.59. The van der Waals surface area contributed by atoms with E-state index in [9.17, 15) is 15.0 Å². The first kappa shape index (κ1) is 20.4. The Labute approximate surface area is 168 Å². The number of carbonyl (C=O) groups excluding carboxylic acids is 1. The molecule has 0 aromatic heterocycles. The summed E-state index contributed by atoms with van der Waals surface area (Å²) < 4.78 is 0. The summed E-state index contributed by atoms with van der Waals surface area (Å²) in [5.41, 5.74) is 1.73. The minimum atomic E-state index is -0.435. The Hall–Kier alpha value is -2.29. The molecule has 1 radical (unpaired) electrons. The first-order chi connectivity index (χ1) is 12.5. The zero-order chi connectivity index (χ0) is 21.4. The van der Waals surface area contributed by atoms with Gasteiger partial charge in [0.1, 0.15) is 5.75 Å². The SMILES string of the molecule is CC(C)(C)C1=Cc2c([O])c(C(C)(C)C)cc3cc(C(C)(C)C)c(O)c(c23)C1=O. The highest BCUT2D eigenvalue weighted by Gasteiger charge is 2.37. The predicted octanol–water partition coefficient (Wildman–Crippen LogP) is 6.91. The number of hydrogen-bond donors (Lipinski definition) is 1. The van der Waals surface area contributed by atoms with Crippen molar-refractivity contribution in [3.05, 3.63) is 40.0 Å². The lowest BCUT2D eigenvalue weighted by Crippen LogP contribution is -2.23. The van der Waals surface area contributed by atoms with Crippen molar-refractivity contribution in [1.29, 1.82) is 0 Å². The number of hydrogen-bond acceptors (Lipinski definition) is 2. The number of Topliss-reactive ketones (excluding diaryl/α,β-unsaturated/α-hetero) is 1. The van der Waals surface area contributed by atoms with Crippen molar-refractivity contribution in [2.75, 3.05) is 0 Å². The zero-order valence-corrected chi connectivity index (χ0v) is 18.5. The minimum absolute atomic E-state index is 0.00371. The van der Waals surface area contributed by atoms with Crippen molar-refractivity contribution in [3.63, 3.8) is 0 Å². The highest BCUT2D eigenvalue weighted by molar-refractivity contribution is 6.25. The summed E-state index contributed by atoms with van der Waals surface area (Å²) in [7, 11) is 0. The van der Waals surface area contributed by atoms with Crippen LogP contribution in [0.2, 0.25) is 0 Å². The fraction of sp³-hybridized carbons (Fsp3) is 0.480. The molecule has 2 aromatic carbocycles. The lowest BCUT2D eigenvalue weighted by Gasteiger charge is -2.31. The van der Waals surface area contributed by atoms with E-state index in [4.69, 9.17) is 0 Å². The fourth-order valence-corrected chi connectivity index (χ4v) is 3.97. The summed E-state index contributed by atoms with van der Waals surface area (Å²) >= 11 is 0. The lowest BCUT2D eigenvalue weighted by molar-refractivity contribution is 0.101. The molecule has 0 spiro atoms. The van der Waals surface area contributed by atoms with Gasteiger partial charge in [0.25, 0.3) is 0 Å². The maximum absolute atomic E-state index is 13.4. The van der Waals surface area contributed by atoms with Gasteiger partial charge >= 0.3 is 0 Å². The minimum Gasteiger partial charge on any atom is -0.507 e. The van der Waals surface area contributed by atoms with E-state index in [2.05, 4.69) is 0 Å². The van der Waals surface area contributed by atoms with E-state index in [0.717, 1.165) is 16.5 Å². The number of ketones is 1. The van der Waals surface area contributed by atoms with Crippen molar-refractivity contribution in [3.8, 4) is 11.5 Å². The third-order valence-electron chi connectivity index (χ3n) is 5.57. The maximum atomic E-state index is 13.4. The molecule has 0 saturated heterocycles. The molecule has 0 fully saturated rings. The van der Waals surface area contributed by atoms with E-state index < -0.39 is 5.41 Å². The largest absolute Gasteiger partial charge is 0.507 e. The molecule has 0 bridgehead atoms. The third kappa shape index (κ3) is 3.01. The molecule has 3 heteroatoms. The summed E-state index contributed by atoms with van der Waals surface area (Å²) in [6.07, 6.45) is 1.76. The van der Waals surface area contributed by atoms with Crippen molar-refractivity contribution >= 4 is 22.6 Å². The van der Waals surface area contributed by atoms with Gasteiger partial charge in [0.2, 0.25) is 0 Å². The van der Waals surface area contributed by atoms with Crippen molar-refractivity contribution in [2.24, 2.45) is 5.41 Å². The van der Waals surface area contributed by atoms with Crippen LogP contribution in [0.3, 0.4) is 0 Å². The van der Waals surface area contributed by atoms with E-state index in [1.54, 1.807) is 6.08 Å². The van der Waals surface area contributed by atoms with Crippen LogP contribution in [-0.4, -0.2) is 10.9 Å². The number of carbonyl (C=O) groups is 1. The Kier molecular flexibility index (Phi) is 4.27. The molecule has 3 rings (SSSR count). The van der Waals surface area contributed by atoms with Gasteiger partial charge in [0, 0.05) is 27.6 Å². The van der Waals surface area contributed by atoms with Gasteiger partial charge in [-0.2, -0.15) is 0 Å². The van der Waals surface area contributed by atoms with Crippen LogP contribution in [0, 0.1) is 5.41 Å². The molecule has 1 aliphatic rings. The maximum Gasteiger partial charge on any atom is 0.193 e. The van der Waals surface area contributed by atoms with E-state index in [1.165, 1.54) is 0 Å². The summed E-state index contributed by atoms with van der Waals surface area (Å²) in [5.74, 6) is -0.237.